The van der Waals surface area contributed by atoms with Crippen LogP contribution in [0.3, 0.4) is 0 Å². The van der Waals surface area contributed by atoms with Crippen molar-refractivity contribution in [2.24, 2.45) is 5.73 Å². The number of unbranched alkanes of at least 4 members (excludes halogenated alkanes) is 1. The smallest absolute Gasteiger partial charge is 0.339 e. The van der Waals surface area contributed by atoms with E-state index in [2.05, 4.69) is 4.74 Å². The van der Waals surface area contributed by atoms with Gasteiger partial charge in [-0.15, -0.1) is 0 Å². The summed E-state index contributed by atoms with van der Waals surface area (Å²) in [6.07, 6.45) is 4.94. The van der Waals surface area contributed by atoms with Crippen LogP contribution in [0, 0.1) is 0 Å². The molecular formula is C13H21NO4. The van der Waals surface area contributed by atoms with E-state index in [4.69, 9.17) is 10.5 Å². The van der Waals surface area contributed by atoms with Gasteiger partial charge in [-0.3, -0.25) is 0 Å². The minimum absolute atomic E-state index is 0.218. The molecule has 0 aromatic rings. The molecule has 0 radical (unpaired) electrons. The predicted octanol–water partition coefficient (Wildman–Crippen LogP) is 1.68. The molecule has 102 valence electrons. The molecule has 18 heavy (non-hydrogen) atoms. The highest BCUT2D eigenvalue weighted by Gasteiger charge is 2.12. The number of rotatable bonds is 7. The average Bonchev–Trinajstić information content (AvgIpc) is 2.36. The van der Waals surface area contributed by atoms with E-state index in [-0.39, 0.29) is 12.2 Å². The van der Waals surface area contributed by atoms with Gasteiger partial charge in [-0.1, -0.05) is 13.3 Å². The summed E-state index contributed by atoms with van der Waals surface area (Å²) in [5.41, 5.74) is 6.48. The zero-order valence-electron chi connectivity index (χ0n) is 11.2. The number of nitrogens with two attached hydrogens (primary N) is 1. The summed E-state index contributed by atoms with van der Waals surface area (Å²) < 4.78 is 9.35. The number of carbonyl (C=O) groups excluding carboxylic acids is 2. The first-order valence-corrected chi connectivity index (χ1v) is 5.98. The molecule has 0 heterocycles. The quantitative estimate of drug-likeness (QED) is 0.425. The van der Waals surface area contributed by atoms with Crippen molar-refractivity contribution in [1.29, 1.82) is 0 Å². The number of hydrogen-bond acceptors (Lipinski definition) is 5. The monoisotopic (exact) mass is 255 g/mol. The van der Waals surface area contributed by atoms with E-state index < -0.39 is 11.9 Å². The second-order valence-electron chi connectivity index (χ2n) is 3.62. The van der Waals surface area contributed by atoms with E-state index >= 15 is 0 Å². The molecule has 0 aromatic heterocycles. The summed E-state index contributed by atoms with van der Waals surface area (Å²) in [6, 6.07) is 0. The molecule has 0 bridgehead atoms. The molecule has 0 aliphatic rings. The van der Waals surface area contributed by atoms with Gasteiger partial charge < -0.3 is 15.2 Å². The average molecular weight is 255 g/mol. The van der Waals surface area contributed by atoms with Crippen molar-refractivity contribution in [2.45, 2.75) is 33.1 Å². The number of ether oxygens (including phenoxy) is 2. The molecule has 2 N–H and O–H groups in total. The van der Waals surface area contributed by atoms with Gasteiger partial charge in [0, 0.05) is 11.8 Å². The van der Waals surface area contributed by atoms with Crippen LogP contribution in [0.2, 0.25) is 0 Å². The highest BCUT2D eigenvalue weighted by Crippen LogP contribution is 2.11. The maximum Gasteiger partial charge on any atom is 0.339 e. The molecule has 0 aliphatic heterocycles. The zero-order valence-corrected chi connectivity index (χ0v) is 11.2. The fourth-order valence-electron chi connectivity index (χ4n) is 1.24. The molecule has 0 fully saturated rings. The minimum atomic E-state index is -0.542. The van der Waals surface area contributed by atoms with Crippen LogP contribution in [0.1, 0.15) is 33.1 Å². The molecular weight excluding hydrogens is 234 g/mol. The van der Waals surface area contributed by atoms with Crippen molar-refractivity contribution >= 4 is 11.9 Å². The molecule has 0 atom stereocenters. The first-order chi connectivity index (χ1) is 8.56. The van der Waals surface area contributed by atoms with E-state index in [9.17, 15) is 9.59 Å². The topological polar surface area (TPSA) is 78.6 Å². The Morgan fingerprint density at radius 2 is 1.89 bits per heavy atom. The van der Waals surface area contributed by atoms with Crippen LogP contribution in [0.25, 0.3) is 0 Å². The van der Waals surface area contributed by atoms with Gasteiger partial charge in [-0.05, 0) is 25.8 Å². The molecule has 5 heteroatoms. The van der Waals surface area contributed by atoms with E-state index in [0.717, 1.165) is 18.9 Å². The second-order valence-corrected chi connectivity index (χ2v) is 3.62. The number of esters is 2. The van der Waals surface area contributed by atoms with Gasteiger partial charge in [-0.25, -0.2) is 9.59 Å². The van der Waals surface area contributed by atoms with E-state index in [1.54, 1.807) is 6.92 Å². The van der Waals surface area contributed by atoms with Crippen LogP contribution < -0.4 is 5.73 Å². The molecule has 0 aromatic carbocycles. The summed E-state index contributed by atoms with van der Waals surface area (Å²) in [5, 5.41) is 0. The Hall–Kier alpha value is -1.78. The van der Waals surface area contributed by atoms with Crippen LogP contribution in [0.5, 0.6) is 0 Å². The van der Waals surface area contributed by atoms with Crippen LogP contribution in [-0.4, -0.2) is 25.7 Å². The normalized spacial score (nSPS) is 12.2. The van der Waals surface area contributed by atoms with Gasteiger partial charge in [-0.2, -0.15) is 0 Å². The lowest BCUT2D eigenvalue weighted by molar-refractivity contribution is -0.138. The summed E-state index contributed by atoms with van der Waals surface area (Å²) in [7, 11) is 1.26. The third-order valence-electron chi connectivity index (χ3n) is 2.23. The highest BCUT2D eigenvalue weighted by atomic mass is 16.5. The van der Waals surface area contributed by atoms with E-state index in [1.165, 1.54) is 13.2 Å². The molecule has 0 saturated heterocycles. The van der Waals surface area contributed by atoms with Crippen LogP contribution in [0.15, 0.2) is 23.4 Å². The van der Waals surface area contributed by atoms with Crippen molar-refractivity contribution in [3.8, 4) is 0 Å². The number of allylic oxidation sites excluding steroid dienone is 1. The van der Waals surface area contributed by atoms with Crippen LogP contribution in [0.4, 0.5) is 0 Å². The first-order valence-electron chi connectivity index (χ1n) is 5.98. The van der Waals surface area contributed by atoms with Gasteiger partial charge in [0.1, 0.15) is 0 Å². The summed E-state index contributed by atoms with van der Waals surface area (Å²) >= 11 is 0. The summed E-state index contributed by atoms with van der Waals surface area (Å²) in [5.74, 6) is -1.06. The maximum atomic E-state index is 11.7. The molecule has 0 unspecified atom stereocenters. The SMILES string of the molecule is CCCC/C(N)=C(/C=C/C(=O)OC)C(=O)OCC. The standard InChI is InChI=1S/C13H21NO4/c1-4-6-7-11(14)10(13(16)18-5-2)8-9-12(15)17-3/h8-9H,4-7,14H2,1-3H3/b9-8+,11-10+. The fourth-order valence-corrected chi connectivity index (χ4v) is 1.24. The summed E-state index contributed by atoms with van der Waals surface area (Å²) in [6.45, 7) is 4.00. The number of methoxy groups -OCH3 is 1. The second kappa shape index (κ2) is 9.27. The Morgan fingerprint density at radius 1 is 1.22 bits per heavy atom. The van der Waals surface area contributed by atoms with Gasteiger partial charge in [0.05, 0.1) is 19.3 Å². The molecule has 0 saturated carbocycles. The highest BCUT2D eigenvalue weighted by molar-refractivity contribution is 5.94. The zero-order chi connectivity index (χ0) is 14.0. The lowest BCUT2D eigenvalue weighted by atomic mass is 10.1. The molecule has 0 spiro atoms. The summed E-state index contributed by atoms with van der Waals surface area (Å²) in [4.78, 5) is 22.7. The predicted molar refractivity (Wildman–Crippen MR) is 68.5 cm³/mol. The van der Waals surface area contributed by atoms with Crippen LogP contribution >= 0.6 is 0 Å². The largest absolute Gasteiger partial charge is 0.466 e. The van der Waals surface area contributed by atoms with Gasteiger partial charge in [0.2, 0.25) is 0 Å². The Morgan fingerprint density at radius 3 is 2.39 bits per heavy atom. The van der Waals surface area contributed by atoms with Gasteiger partial charge in [0.15, 0.2) is 0 Å². The third-order valence-corrected chi connectivity index (χ3v) is 2.23. The van der Waals surface area contributed by atoms with Gasteiger partial charge >= 0.3 is 11.9 Å². The minimum Gasteiger partial charge on any atom is -0.466 e. The Kier molecular flexibility index (Phi) is 8.35. The van der Waals surface area contributed by atoms with Crippen molar-refractivity contribution < 1.29 is 19.1 Å². The van der Waals surface area contributed by atoms with E-state index in [1.807, 2.05) is 6.92 Å². The lowest BCUT2D eigenvalue weighted by Crippen LogP contribution is -2.13. The molecule has 0 amide bonds. The molecule has 0 rings (SSSR count). The Labute approximate surface area is 108 Å². The molecule has 5 nitrogen and oxygen atoms in total. The van der Waals surface area contributed by atoms with Crippen LogP contribution in [-0.2, 0) is 19.1 Å². The van der Waals surface area contributed by atoms with Crippen molar-refractivity contribution in [3.63, 3.8) is 0 Å². The maximum absolute atomic E-state index is 11.7. The number of hydrogen-bond donors (Lipinski definition) is 1. The fraction of sp³-hybridized carbons (Fsp3) is 0.538. The van der Waals surface area contributed by atoms with Crippen molar-refractivity contribution in [1.82, 2.24) is 0 Å². The lowest BCUT2D eigenvalue weighted by Gasteiger charge is -2.07. The number of carbonyl (C=O) groups is 2. The Bertz CT molecular complexity index is 345. The first kappa shape index (κ1) is 16.2. The van der Waals surface area contributed by atoms with Crippen molar-refractivity contribution in [3.05, 3.63) is 23.4 Å². The van der Waals surface area contributed by atoms with Gasteiger partial charge in [0.25, 0.3) is 0 Å². The molecule has 0 aliphatic carbocycles. The third kappa shape index (κ3) is 6.08. The Balaban J connectivity index is 4.97. The van der Waals surface area contributed by atoms with E-state index in [0.29, 0.717) is 12.1 Å². The van der Waals surface area contributed by atoms with Crippen molar-refractivity contribution in [2.75, 3.05) is 13.7 Å².